The molecule has 1 amide bonds. The number of aromatic amines is 1. The first-order valence-corrected chi connectivity index (χ1v) is 5.27. The lowest BCUT2D eigenvalue weighted by molar-refractivity contribution is -0.143. The minimum absolute atomic E-state index is 0.0998. The van der Waals surface area contributed by atoms with Crippen molar-refractivity contribution in [2.24, 2.45) is 0 Å². The molecule has 7 nitrogen and oxygen atoms in total. The van der Waals surface area contributed by atoms with Crippen molar-refractivity contribution in [1.82, 2.24) is 10.3 Å². The molecule has 0 spiro atoms. The lowest BCUT2D eigenvalue weighted by atomic mass is 9.98. The fourth-order valence-electron chi connectivity index (χ4n) is 1.28. The third kappa shape index (κ3) is 2.88. The van der Waals surface area contributed by atoms with Crippen LogP contribution in [0, 0.1) is 0 Å². The fraction of sp³-hybridized carbons (Fsp3) is 0.364. The Morgan fingerprint density at radius 3 is 2.50 bits per heavy atom. The topological polar surface area (TPSA) is 119 Å². The highest BCUT2D eigenvalue weighted by molar-refractivity contribution is 5.97. The van der Waals surface area contributed by atoms with Crippen LogP contribution in [0.2, 0.25) is 0 Å². The SMILES string of the molecule is CCC(C)(NC(=O)c1cc(O)[nH]c(=O)c1)C(=O)O. The van der Waals surface area contributed by atoms with Crippen molar-refractivity contribution in [2.75, 3.05) is 0 Å². The van der Waals surface area contributed by atoms with E-state index < -0.39 is 28.9 Å². The van der Waals surface area contributed by atoms with Crippen molar-refractivity contribution < 1.29 is 19.8 Å². The van der Waals surface area contributed by atoms with Gasteiger partial charge >= 0.3 is 5.97 Å². The molecule has 1 atom stereocenters. The van der Waals surface area contributed by atoms with E-state index in [-0.39, 0.29) is 12.0 Å². The Morgan fingerprint density at radius 2 is 2.06 bits per heavy atom. The third-order valence-electron chi connectivity index (χ3n) is 2.66. The summed E-state index contributed by atoms with van der Waals surface area (Å²) in [5, 5.41) is 20.5. The standard InChI is InChI=1S/C11H14N2O5/c1-3-11(2,10(17)18)13-9(16)6-4-7(14)12-8(15)5-6/h4-5H,3H2,1-2H3,(H,13,16)(H,17,18)(H2,12,14,15). The molecule has 4 N–H and O–H groups in total. The lowest BCUT2D eigenvalue weighted by Gasteiger charge is -2.24. The van der Waals surface area contributed by atoms with Crippen LogP contribution in [0.3, 0.4) is 0 Å². The maximum absolute atomic E-state index is 11.8. The Kier molecular flexibility index (Phi) is 3.75. The van der Waals surface area contributed by atoms with Crippen LogP contribution in [-0.4, -0.2) is 32.6 Å². The molecule has 0 saturated carbocycles. The Labute approximate surface area is 102 Å². The molecule has 0 saturated heterocycles. The second-order valence-electron chi connectivity index (χ2n) is 4.06. The molecular formula is C11H14N2O5. The van der Waals surface area contributed by atoms with Gasteiger partial charge in [-0.3, -0.25) is 14.6 Å². The molecule has 0 aliphatic carbocycles. The van der Waals surface area contributed by atoms with Crippen molar-refractivity contribution in [2.45, 2.75) is 25.8 Å². The monoisotopic (exact) mass is 254 g/mol. The predicted molar refractivity (Wildman–Crippen MR) is 62.5 cm³/mol. The van der Waals surface area contributed by atoms with E-state index in [4.69, 9.17) is 10.2 Å². The Bertz CT molecular complexity index is 536. The summed E-state index contributed by atoms with van der Waals surface area (Å²) < 4.78 is 0. The second-order valence-corrected chi connectivity index (χ2v) is 4.06. The normalized spacial score (nSPS) is 13.7. The molecule has 0 aliphatic rings. The van der Waals surface area contributed by atoms with Crippen molar-refractivity contribution in [1.29, 1.82) is 0 Å². The number of aliphatic carboxylic acids is 1. The van der Waals surface area contributed by atoms with E-state index in [1.165, 1.54) is 6.92 Å². The molecule has 0 aromatic carbocycles. The summed E-state index contributed by atoms with van der Waals surface area (Å²) in [6.07, 6.45) is 0.184. The smallest absolute Gasteiger partial charge is 0.329 e. The zero-order chi connectivity index (χ0) is 13.9. The Balaban J connectivity index is 3.02. The zero-order valence-electron chi connectivity index (χ0n) is 9.98. The first-order valence-electron chi connectivity index (χ1n) is 5.27. The van der Waals surface area contributed by atoms with Gasteiger partial charge in [-0.15, -0.1) is 0 Å². The fourth-order valence-corrected chi connectivity index (χ4v) is 1.28. The first kappa shape index (κ1) is 13.8. The van der Waals surface area contributed by atoms with Gasteiger partial charge in [0.25, 0.3) is 11.5 Å². The van der Waals surface area contributed by atoms with Gasteiger partial charge in [0.05, 0.1) is 5.56 Å². The number of carbonyl (C=O) groups excluding carboxylic acids is 1. The number of hydrogen-bond donors (Lipinski definition) is 4. The number of H-pyrrole nitrogens is 1. The van der Waals surface area contributed by atoms with Crippen LogP contribution in [0.5, 0.6) is 5.88 Å². The average molecular weight is 254 g/mol. The molecule has 0 aliphatic heterocycles. The van der Waals surface area contributed by atoms with Crippen LogP contribution >= 0.6 is 0 Å². The highest BCUT2D eigenvalue weighted by atomic mass is 16.4. The number of carboxylic acids is 1. The van der Waals surface area contributed by atoms with Crippen molar-refractivity contribution in [3.63, 3.8) is 0 Å². The minimum atomic E-state index is -1.42. The number of carboxylic acid groups (broad SMARTS) is 1. The predicted octanol–water partition coefficient (Wildman–Crippen LogP) is 0.0636. The summed E-state index contributed by atoms with van der Waals surface area (Å²) in [5.74, 6) is -2.36. The van der Waals surface area contributed by atoms with Gasteiger partial charge in [0.1, 0.15) is 5.54 Å². The maximum Gasteiger partial charge on any atom is 0.329 e. The van der Waals surface area contributed by atoms with E-state index >= 15 is 0 Å². The van der Waals surface area contributed by atoms with Gasteiger partial charge < -0.3 is 15.5 Å². The second kappa shape index (κ2) is 4.91. The first-order chi connectivity index (χ1) is 8.28. The summed E-state index contributed by atoms with van der Waals surface area (Å²) >= 11 is 0. The van der Waals surface area contributed by atoms with E-state index in [9.17, 15) is 14.4 Å². The van der Waals surface area contributed by atoms with Gasteiger partial charge in [0.15, 0.2) is 5.88 Å². The van der Waals surface area contributed by atoms with Crippen molar-refractivity contribution in [3.8, 4) is 5.88 Å². The van der Waals surface area contributed by atoms with Gasteiger partial charge in [-0.1, -0.05) is 6.92 Å². The Hall–Kier alpha value is -2.31. The molecule has 0 radical (unpaired) electrons. The number of rotatable bonds is 4. The van der Waals surface area contributed by atoms with Crippen LogP contribution in [0.15, 0.2) is 16.9 Å². The largest absolute Gasteiger partial charge is 0.494 e. The molecule has 1 heterocycles. The van der Waals surface area contributed by atoms with Gasteiger partial charge in [0.2, 0.25) is 0 Å². The summed E-state index contributed by atoms with van der Waals surface area (Å²) in [4.78, 5) is 36.0. The molecule has 0 bridgehead atoms. The van der Waals surface area contributed by atoms with E-state index in [1.807, 2.05) is 0 Å². The number of aromatic nitrogens is 1. The average Bonchev–Trinajstić information content (AvgIpc) is 2.27. The molecule has 1 aromatic rings. The summed E-state index contributed by atoms with van der Waals surface area (Å²) in [5.41, 5.74) is -2.17. The minimum Gasteiger partial charge on any atom is -0.494 e. The van der Waals surface area contributed by atoms with Gasteiger partial charge in [-0.25, -0.2) is 4.79 Å². The molecule has 1 rings (SSSR count). The van der Waals surface area contributed by atoms with Crippen LogP contribution < -0.4 is 10.9 Å². The number of pyridine rings is 1. The van der Waals surface area contributed by atoms with Crippen molar-refractivity contribution >= 4 is 11.9 Å². The number of aromatic hydroxyl groups is 1. The zero-order valence-corrected chi connectivity index (χ0v) is 9.98. The molecule has 18 heavy (non-hydrogen) atoms. The van der Waals surface area contributed by atoms with Gasteiger partial charge in [0, 0.05) is 12.1 Å². The third-order valence-corrected chi connectivity index (χ3v) is 2.66. The number of amides is 1. The highest BCUT2D eigenvalue weighted by Gasteiger charge is 2.33. The van der Waals surface area contributed by atoms with E-state index in [2.05, 4.69) is 10.3 Å². The number of carbonyl (C=O) groups is 2. The lowest BCUT2D eigenvalue weighted by Crippen LogP contribution is -2.51. The van der Waals surface area contributed by atoms with Crippen LogP contribution in [-0.2, 0) is 4.79 Å². The van der Waals surface area contributed by atoms with Crippen LogP contribution in [0.25, 0.3) is 0 Å². The van der Waals surface area contributed by atoms with Crippen molar-refractivity contribution in [3.05, 3.63) is 28.0 Å². The molecule has 7 heteroatoms. The van der Waals surface area contributed by atoms with Crippen LogP contribution in [0.1, 0.15) is 30.6 Å². The quantitative estimate of drug-likeness (QED) is 0.605. The van der Waals surface area contributed by atoms with Gasteiger partial charge in [-0.05, 0) is 13.3 Å². The van der Waals surface area contributed by atoms with E-state index in [1.54, 1.807) is 6.92 Å². The molecule has 1 unspecified atom stereocenters. The Morgan fingerprint density at radius 1 is 1.44 bits per heavy atom. The molecule has 0 fully saturated rings. The summed E-state index contributed by atoms with van der Waals surface area (Å²) in [6.45, 7) is 2.98. The van der Waals surface area contributed by atoms with E-state index in [0.717, 1.165) is 12.1 Å². The number of nitrogens with one attached hydrogen (secondary N) is 2. The summed E-state index contributed by atoms with van der Waals surface area (Å²) in [7, 11) is 0. The van der Waals surface area contributed by atoms with Crippen LogP contribution in [0.4, 0.5) is 0 Å². The molecule has 98 valence electrons. The highest BCUT2D eigenvalue weighted by Crippen LogP contribution is 2.12. The maximum atomic E-state index is 11.8. The molecular weight excluding hydrogens is 240 g/mol. The number of hydrogen-bond acceptors (Lipinski definition) is 4. The van der Waals surface area contributed by atoms with Gasteiger partial charge in [-0.2, -0.15) is 0 Å². The molecule has 1 aromatic heterocycles. The summed E-state index contributed by atoms with van der Waals surface area (Å²) in [6, 6.07) is 2.03. The van der Waals surface area contributed by atoms with E-state index in [0.29, 0.717) is 0 Å².